The minimum absolute atomic E-state index is 0.0730. The Labute approximate surface area is 576 Å². The van der Waals surface area contributed by atoms with Crippen molar-refractivity contribution in [1.82, 2.24) is 46.2 Å². The molecule has 0 radical (unpaired) electrons. The lowest BCUT2D eigenvalue weighted by Gasteiger charge is -2.41. The monoisotopic (exact) mass is 1400 g/mol. The number of benzene rings is 2. The number of urea groups is 1. The molecule has 12 amide bonds. The zero-order chi connectivity index (χ0) is 73.3. The number of hydrogen-bond donors (Lipinski definition) is 8. The highest BCUT2D eigenvalue weighted by molar-refractivity contribution is 7.80. The van der Waals surface area contributed by atoms with E-state index in [0.29, 0.717) is 61.9 Å². The first kappa shape index (κ1) is 82.4. The molecule has 2 heterocycles. The summed E-state index contributed by atoms with van der Waals surface area (Å²) in [5.41, 5.74) is 6.46. The summed E-state index contributed by atoms with van der Waals surface area (Å²) in [6.45, 7) is 18.0. The van der Waals surface area contributed by atoms with Crippen molar-refractivity contribution in [3.05, 3.63) is 77.9 Å². The molecular weight excluding hydrogens is 1290 g/mol. The summed E-state index contributed by atoms with van der Waals surface area (Å²) in [4.78, 5) is 153. The highest BCUT2D eigenvalue weighted by Crippen LogP contribution is 2.31. The molecule has 0 bridgehead atoms. The number of amides is 12. The minimum atomic E-state index is -4.92. The molecule has 1 fully saturated rings. The van der Waals surface area contributed by atoms with E-state index in [0.717, 1.165) is 9.80 Å². The van der Waals surface area contributed by atoms with Gasteiger partial charge in [-0.1, -0.05) is 118 Å². The van der Waals surface area contributed by atoms with Gasteiger partial charge in [0.25, 0.3) is 11.8 Å². The van der Waals surface area contributed by atoms with Gasteiger partial charge in [0.15, 0.2) is 0 Å². The lowest BCUT2D eigenvalue weighted by Crippen LogP contribution is -2.60. The van der Waals surface area contributed by atoms with Crippen molar-refractivity contribution >= 4 is 81.4 Å². The molecule has 4 rings (SSSR count). The van der Waals surface area contributed by atoms with Gasteiger partial charge >= 0.3 is 22.5 Å². The maximum absolute atomic E-state index is 14.8. The van der Waals surface area contributed by atoms with E-state index >= 15 is 0 Å². The Bertz CT molecular complexity index is 3160. The first-order chi connectivity index (χ1) is 46.2. The summed E-state index contributed by atoms with van der Waals surface area (Å²) in [7, 11) is 0.991. The van der Waals surface area contributed by atoms with E-state index in [9.17, 15) is 65.7 Å². The van der Waals surface area contributed by atoms with E-state index in [2.05, 4.69) is 31.9 Å². The molecule has 546 valence electrons. The van der Waals surface area contributed by atoms with E-state index in [1.807, 2.05) is 13.8 Å². The van der Waals surface area contributed by atoms with Gasteiger partial charge in [-0.2, -0.15) is 8.42 Å². The number of primary amides is 1. The average Bonchev–Trinajstić information content (AvgIpc) is 1.33. The second-order valence-electron chi connectivity index (χ2n) is 26.3. The van der Waals surface area contributed by atoms with Crippen molar-refractivity contribution in [2.45, 2.75) is 201 Å². The first-order valence-corrected chi connectivity index (χ1v) is 34.9. The Morgan fingerprint density at radius 2 is 1.36 bits per heavy atom. The molecule has 0 aliphatic carbocycles. The van der Waals surface area contributed by atoms with Crippen molar-refractivity contribution < 1.29 is 84.1 Å². The summed E-state index contributed by atoms with van der Waals surface area (Å²) in [5.74, 6) is -6.68. The highest BCUT2D eigenvalue weighted by Gasteiger charge is 2.44. The number of nitrogens with two attached hydrogens (primary N) is 1. The number of unbranched alkanes of at least 4 members (excludes halogenated alkanes) is 2. The second-order valence-corrected chi connectivity index (χ2v) is 27.3. The van der Waals surface area contributed by atoms with Gasteiger partial charge in [0.2, 0.25) is 41.4 Å². The van der Waals surface area contributed by atoms with E-state index in [1.54, 1.807) is 122 Å². The molecule has 9 N–H and O–H groups in total. The second kappa shape index (κ2) is 39.5. The van der Waals surface area contributed by atoms with Crippen LogP contribution in [-0.4, -0.2) is 200 Å². The molecular formula is C68H105N11O18S. The molecule has 2 aliphatic heterocycles. The zero-order valence-electron chi connectivity index (χ0n) is 59.1. The number of rotatable bonds is 40. The number of ether oxygens (including phenoxy) is 3. The predicted octanol–water partition coefficient (Wildman–Crippen LogP) is 4.90. The third kappa shape index (κ3) is 24.7. The SMILES string of the molecule is CC[C@H](C)[C@@H]([C@@H](CC(=O)N1CCC[C@H]1[C@H](OC)[C@@H](C)C(=O)N[C@H](C)[C@@H](OS(=O)(=O)O)c1ccccc1)OC)N(C)C(=O)[C@@H](NC(=O)[C@H](C(C)C)N(C)C(=O)OCc1ccc(NC(=O)[C@H](CCCNC(N)=O)NC(=O)[C@@H](NC(=O)CCCCCN2C(=O)C=CC2=O)C(C)C)cc1)C(C)C. The fourth-order valence-corrected chi connectivity index (χ4v) is 12.9. The molecule has 2 aliphatic rings. The molecule has 0 aromatic heterocycles. The van der Waals surface area contributed by atoms with Crippen molar-refractivity contribution in [3.63, 3.8) is 0 Å². The molecule has 1 saturated heterocycles. The topological polar surface area (TPSA) is 390 Å². The summed E-state index contributed by atoms with van der Waals surface area (Å²) in [6.07, 6.45) is 2.05. The van der Waals surface area contributed by atoms with Crippen LogP contribution in [0.5, 0.6) is 0 Å². The van der Waals surface area contributed by atoms with Crippen LogP contribution in [0.4, 0.5) is 15.3 Å². The fourth-order valence-electron chi connectivity index (χ4n) is 12.3. The van der Waals surface area contributed by atoms with E-state index in [4.69, 9.17) is 24.1 Å². The number of nitrogens with zero attached hydrogens (tertiary/aromatic N) is 4. The van der Waals surface area contributed by atoms with Gasteiger partial charge in [-0.25, -0.2) is 13.8 Å². The van der Waals surface area contributed by atoms with Gasteiger partial charge in [0.05, 0.1) is 42.7 Å². The fraction of sp³-hybridized carbons (Fsp3) is 0.632. The van der Waals surface area contributed by atoms with Crippen LogP contribution in [-0.2, 0) is 78.6 Å². The molecule has 2 aromatic carbocycles. The number of nitrogens with one attached hydrogen (secondary N) is 6. The summed E-state index contributed by atoms with van der Waals surface area (Å²) in [5, 5.41) is 16.5. The number of anilines is 1. The van der Waals surface area contributed by atoms with Crippen molar-refractivity contribution in [2.24, 2.45) is 35.3 Å². The normalized spacial score (nSPS) is 17.3. The molecule has 30 heteroatoms. The van der Waals surface area contributed by atoms with Gasteiger partial charge in [-0.15, -0.1) is 0 Å². The van der Waals surface area contributed by atoms with Crippen molar-refractivity contribution in [3.8, 4) is 0 Å². The zero-order valence-corrected chi connectivity index (χ0v) is 59.9. The Kier molecular flexibility index (Phi) is 33.2. The third-order valence-corrected chi connectivity index (χ3v) is 18.4. The standard InChI is InChI=1S/C68H105N11O18S/c1-15-43(8)59(51(94-13)38-55(83)78-37-23-27-50(78)60(95-14)44(9)62(84)71-45(10)61(97-98(91,92)93)47-24-18-16-19-25-47)76(11)66(88)57(41(4)5)75-65(87)58(42(6)7)77(12)68(90)96-39-46-29-31-48(32-30-46)72-63(85)49(26-22-35-70-67(69)89)73-64(86)56(40(2)3)74-52(80)28-20-17-21-36-79-53(81)33-34-54(79)82/h16,18-19,24-25,29-34,40-45,49-51,56-61H,15,17,20-23,26-28,35-39H2,1-14H3,(H,71,84)(H,72,85)(H,73,86)(H,74,80)(H,75,87)(H3,69,70,89)(H,91,92,93)/t43-,44+,45+,49-,50-,51+,56-,57-,58-,59-,60+,61+/m0/s1. The average molecular weight is 1400 g/mol. The van der Waals surface area contributed by atoms with E-state index in [1.165, 1.54) is 38.3 Å². The van der Waals surface area contributed by atoms with Gasteiger partial charge in [0, 0.05) is 72.2 Å². The van der Waals surface area contributed by atoms with Crippen molar-refractivity contribution in [1.29, 1.82) is 0 Å². The minimum Gasteiger partial charge on any atom is -0.445 e. The maximum Gasteiger partial charge on any atom is 0.410 e. The molecule has 0 unspecified atom stereocenters. The van der Waals surface area contributed by atoms with Crippen LogP contribution in [0.15, 0.2) is 66.7 Å². The Hall–Kier alpha value is -8.06. The number of likely N-dealkylation sites (N-methyl/N-ethyl adjacent to an activating group) is 2. The lowest BCUT2D eigenvalue weighted by atomic mass is 9.89. The predicted molar refractivity (Wildman–Crippen MR) is 364 cm³/mol. The Morgan fingerprint density at radius 1 is 0.724 bits per heavy atom. The Balaban J connectivity index is 1.39. The first-order valence-electron chi connectivity index (χ1n) is 33.5. The number of hydrogen-bond acceptors (Lipinski definition) is 17. The summed E-state index contributed by atoms with van der Waals surface area (Å²) >= 11 is 0. The molecule has 98 heavy (non-hydrogen) atoms. The van der Waals surface area contributed by atoms with Gasteiger partial charge in [-0.05, 0) is 92.4 Å². The number of carbonyl (C=O) groups excluding carboxylic acids is 11. The summed E-state index contributed by atoms with van der Waals surface area (Å²) < 4.78 is 56.0. The van der Waals surface area contributed by atoms with Crippen LogP contribution in [0.2, 0.25) is 0 Å². The number of carbonyl (C=O) groups is 11. The molecule has 29 nitrogen and oxygen atoms in total. The lowest BCUT2D eigenvalue weighted by molar-refractivity contribution is -0.148. The van der Waals surface area contributed by atoms with Crippen LogP contribution in [0.3, 0.4) is 0 Å². The quantitative estimate of drug-likeness (QED) is 0.0250. The van der Waals surface area contributed by atoms with E-state index in [-0.39, 0.29) is 74.9 Å². The van der Waals surface area contributed by atoms with Crippen LogP contribution >= 0.6 is 0 Å². The number of imide groups is 1. The Morgan fingerprint density at radius 3 is 1.92 bits per heavy atom. The number of methoxy groups -OCH3 is 2. The van der Waals surface area contributed by atoms with Gasteiger partial charge in [-0.3, -0.25) is 57.5 Å². The third-order valence-electron chi connectivity index (χ3n) is 17.9. The molecule has 12 atom stereocenters. The summed E-state index contributed by atoms with van der Waals surface area (Å²) in [6, 6.07) is 7.26. The largest absolute Gasteiger partial charge is 0.445 e. The maximum atomic E-state index is 14.8. The van der Waals surface area contributed by atoms with Crippen LogP contribution < -0.4 is 37.6 Å². The van der Waals surface area contributed by atoms with Crippen LogP contribution in [0, 0.1) is 29.6 Å². The van der Waals surface area contributed by atoms with Gasteiger partial charge in [0.1, 0.15) is 36.9 Å². The molecule has 2 aromatic rings. The van der Waals surface area contributed by atoms with Crippen molar-refractivity contribution in [2.75, 3.05) is 53.3 Å². The molecule has 0 saturated carbocycles. The molecule has 0 spiro atoms. The highest BCUT2D eigenvalue weighted by atomic mass is 32.3. The van der Waals surface area contributed by atoms with Crippen LogP contribution in [0.25, 0.3) is 0 Å². The van der Waals surface area contributed by atoms with Gasteiger partial charge < -0.3 is 61.6 Å². The smallest absolute Gasteiger partial charge is 0.410 e. The van der Waals surface area contributed by atoms with E-state index < -0.39 is 136 Å². The van der Waals surface area contributed by atoms with Crippen LogP contribution in [0.1, 0.15) is 151 Å². The number of likely N-dealkylation sites (tertiary alicyclic amines) is 1.